The molecule has 0 atom stereocenters. The summed E-state index contributed by atoms with van der Waals surface area (Å²) in [5, 5.41) is 6.50. The second kappa shape index (κ2) is 16.4. The maximum absolute atomic E-state index is 6.70. The average molecular weight is 891 g/mol. The van der Waals surface area contributed by atoms with Gasteiger partial charge in [0.1, 0.15) is 16.7 Å². The summed E-state index contributed by atoms with van der Waals surface area (Å²) in [5.74, 6) is 0.607. The lowest BCUT2D eigenvalue weighted by Gasteiger charge is -2.42. The van der Waals surface area contributed by atoms with Gasteiger partial charge in [-0.25, -0.2) is 4.98 Å². The zero-order valence-electron chi connectivity index (χ0n) is 36.9. The first-order chi connectivity index (χ1) is 33.7. The Morgan fingerprint density at radius 1 is 0.338 bits per heavy atom. The van der Waals surface area contributed by atoms with E-state index < -0.39 is 10.0 Å². The van der Waals surface area contributed by atoms with E-state index in [2.05, 4.69) is 217 Å². The summed E-state index contributed by atoms with van der Waals surface area (Å²) >= 11 is 0. The van der Waals surface area contributed by atoms with Crippen LogP contribution in [0.4, 0.5) is 17.1 Å². The van der Waals surface area contributed by atoms with Crippen molar-refractivity contribution < 1.29 is 8.83 Å². The molecule has 322 valence electrons. The molecule has 0 unspecified atom stereocenters. The van der Waals surface area contributed by atoms with Crippen LogP contribution in [0.2, 0.25) is 0 Å². The Kier molecular flexibility index (Phi) is 9.55. The van der Waals surface area contributed by atoms with E-state index in [1.54, 1.807) is 0 Å². The molecule has 0 saturated carbocycles. The zero-order chi connectivity index (χ0) is 45.0. The molecule has 13 rings (SSSR count). The summed E-state index contributed by atoms with van der Waals surface area (Å²) < 4.78 is 13.3. The number of benzene rings is 11. The van der Waals surface area contributed by atoms with Crippen molar-refractivity contribution in [2.75, 3.05) is 4.90 Å². The van der Waals surface area contributed by atoms with Gasteiger partial charge in [-0.2, -0.15) is 0 Å². The fourth-order valence-corrected chi connectivity index (χ4v) is 14.0. The van der Waals surface area contributed by atoms with E-state index in [0.29, 0.717) is 5.89 Å². The molecule has 0 N–H and O–H groups in total. The van der Waals surface area contributed by atoms with E-state index in [0.717, 1.165) is 77.2 Å². The van der Waals surface area contributed by atoms with Gasteiger partial charge < -0.3 is 13.7 Å². The molecule has 0 amide bonds. The van der Waals surface area contributed by atoms with Gasteiger partial charge in [-0.15, -0.1) is 10.0 Å². The zero-order valence-corrected chi connectivity index (χ0v) is 37.7. The van der Waals surface area contributed by atoms with Crippen molar-refractivity contribution >= 4 is 81.7 Å². The number of oxazole rings is 1. The molecule has 4 nitrogen and oxygen atoms in total. The molecule has 0 fully saturated rings. The van der Waals surface area contributed by atoms with Gasteiger partial charge in [-0.05, 0) is 130 Å². The maximum Gasteiger partial charge on any atom is 0.227 e. The number of rotatable bonds is 9. The summed E-state index contributed by atoms with van der Waals surface area (Å²) in [4.78, 5) is 12.4. The Morgan fingerprint density at radius 2 is 0.882 bits per heavy atom. The van der Waals surface area contributed by atoms with Gasteiger partial charge in [-0.3, -0.25) is 0 Å². The van der Waals surface area contributed by atoms with E-state index in [4.69, 9.17) is 13.8 Å². The van der Waals surface area contributed by atoms with Crippen molar-refractivity contribution in [3.63, 3.8) is 0 Å². The molecule has 2 aromatic heterocycles. The highest BCUT2D eigenvalue weighted by Crippen LogP contribution is 2.74. The van der Waals surface area contributed by atoms with Gasteiger partial charge in [0.15, 0.2) is 5.58 Å². The third kappa shape index (κ3) is 6.58. The highest BCUT2D eigenvalue weighted by molar-refractivity contribution is 8.34. The summed E-state index contributed by atoms with van der Waals surface area (Å²) in [5.41, 5.74) is 9.63. The maximum atomic E-state index is 6.70. The number of furan rings is 1. The average Bonchev–Trinajstić information content (AvgIpc) is 4.02. The molecule has 0 aliphatic heterocycles. The van der Waals surface area contributed by atoms with E-state index in [1.165, 1.54) is 30.7 Å². The standard InChI is InChI=1S/C63H42N2O2S/c1-5-17-43(18-6-1)47-21-15-27-53(39-47)68(51-23-9-3-10-24-51,52-25-11-4-12-26-52)54-28-16-22-48(40-54)65(50-36-37-56-55-29-13-14-30-59(55)66-60(56)42-50)49-35-33-44-31-32-45-34-38-58-62(61(45)57(44)41-49)67-63(64-58)46-19-7-2-8-20-46/h1-42H. The Labute approximate surface area is 395 Å². The number of fused-ring (bicyclic) bond motifs is 8. The van der Waals surface area contributed by atoms with Crippen LogP contribution in [0.3, 0.4) is 0 Å². The molecular formula is C63H42N2O2S. The van der Waals surface area contributed by atoms with Crippen LogP contribution in [0.25, 0.3) is 77.2 Å². The molecule has 0 aliphatic rings. The van der Waals surface area contributed by atoms with Crippen LogP contribution in [0.1, 0.15) is 0 Å². The Bertz CT molecular complexity index is 3940. The molecule has 2 heterocycles. The highest BCUT2D eigenvalue weighted by atomic mass is 32.3. The van der Waals surface area contributed by atoms with Crippen molar-refractivity contribution in [1.82, 2.24) is 4.98 Å². The number of hydrogen-bond donors (Lipinski definition) is 0. The second-order valence-corrected chi connectivity index (χ2v) is 20.2. The van der Waals surface area contributed by atoms with Crippen LogP contribution in [0.5, 0.6) is 0 Å². The molecular weight excluding hydrogens is 849 g/mol. The largest absolute Gasteiger partial charge is 0.456 e. The van der Waals surface area contributed by atoms with Gasteiger partial charge in [0, 0.05) is 64.4 Å². The number of aromatic nitrogens is 1. The van der Waals surface area contributed by atoms with Crippen LogP contribution in [0.15, 0.2) is 283 Å². The lowest BCUT2D eigenvalue weighted by molar-refractivity contribution is 0.623. The molecule has 0 aliphatic carbocycles. The fourth-order valence-electron chi connectivity index (χ4n) is 10.0. The molecule has 0 bridgehead atoms. The molecule has 13 aromatic rings. The monoisotopic (exact) mass is 890 g/mol. The first kappa shape index (κ1) is 39.7. The number of anilines is 3. The van der Waals surface area contributed by atoms with Gasteiger partial charge in [0.25, 0.3) is 0 Å². The third-order valence-electron chi connectivity index (χ3n) is 13.2. The molecule has 5 heteroatoms. The van der Waals surface area contributed by atoms with Crippen molar-refractivity contribution in [2.45, 2.75) is 19.6 Å². The quantitative estimate of drug-likeness (QED) is 0.135. The van der Waals surface area contributed by atoms with E-state index >= 15 is 0 Å². The summed E-state index contributed by atoms with van der Waals surface area (Å²) in [7, 11) is -2.09. The van der Waals surface area contributed by atoms with Crippen molar-refractivity contribution in [2.24, 2.45) is 0 Å². The Balaban J connectivity index is 1.07. The smallest absolute Gasteiger partial charge is 0.227 e. The van der Waals surface area contributed by atoms with Crippen LogP contribution in [-0.4, -0.2) is 4.98 Å². The number of hydrogen-bond acceptors (Lipinski definition) is 4. The predicted molar refractivity (Wildman–Crippen MR) is 282 cm³/mol. The minimum Gasteiger partial charge on any atom is -0.456 e. The van der Waals surface area contributed by atoms with Crippen LogP contribution in [-0.2, 0) is 0 Å². The second-order valence-electron chi connectivity index (χ2n) is 17.1. The molecule has 11 aromatic carbocycles. The van der Waals surface area contributed by atoms with E-state index in [1.807, 2.05) is 42.5 Å². The normalized spacial score (nSPS) is 12.1. The van der Waals surface area contributed by atoms with E-state index in [9.17, 15) is 0 Å². The lowest BCUT2D eigenvalue weighted by Crippen LogP contribution is -2.11. The SMILES string of the molecule is c1ccc(-c2cccc(S(c3ccccc3)(c3ccccc3)c3cccc(N(c4ccc5c(c4)oc4ccccc45)c4ccc5ccc6ccc7nc(-c8ccccc8)oc7c6c5c4)c3)c2)cc1. The van der Waals surface area contributed by atoms with Crippen LogP contribution >= 0.6 is 10.0 Å². The highest BCUT2D eigenvalue weighted by Gasteiger charge is 2.34. The fraction of sp³-hybridized carbons (Fsp3) is 0. The van der Waals surface area contributed by atoms with Crippen molar-refractivity contribution in [3.8, 4) is 22.6 Å². The van der Waals surface area contributed by atoms with Crippen LogP contribution in [0, 0.1) is 0 Å². The van der Waals surface area contributed by atoms with Gasteiger partial charge in [0.2, 0.25) is 5.89 Å². The Morgan fingerprint density at radius 3 is 1.65 bits per heavy atom. The first-order valence-corrected chi connectivity index (χ1v) is 24.5. The molecule has 0 radical (unpaired) electrons. The molecule has 68 heavy (non-hydrogen) atoms. The minimum absolute atomic E-state index is 0.607. The number of para-hydroxylation sites is 1. The van der Waals surface area contributed by atoms with Gasteiger partial charge in [0.05, 0.1) is 0 Å². The summed E-state index contributed by atoms with van der Waals surface area (Å²) in [6.07, 6.45) is 0. The van der Waals surface area contributed by atoms with Gasteiger partial charge in [-0.1, -0.05) is 146 Å². The molecule has 0 saturated heterocycles. The van der Waals surface area contributed by atoms with Crippen LogP contribution < -0.4 is 4.90 Å². The Hall–Kier alpha value is -8.64. The summed E-state index contributed by atoms with van der Waals surface area (Å²) in [6, 6.07) is 91.6. The lowest BCUT2D eigenvalue weighted by atomic mass is 10.00. The summed E-state index contributed by atoms with van der Waals surface area (Å²) in [6.45, 7) is 0. The number of nitrogens with zero attached hydrogens (tertiary/aromatic N) is 2. The van der Waals surface area contributed by atoms with Gasteiger partial charge >= 0.3 is 0 Å². The first-order valence-electron chi connectivity index (χ1n) is 22.9. The van der Waals surface area contributed by atoms with Crippen molar-refractivity contribution in [1.29, 1.82) is 0 Å². The van der Waals surface area contributed by atoms with E-state index in [-0.39, 0.29) is 0 Å². The minimum atomic E-state index is -2.09. The molecule has 0 spiro atoms. The third-order valence-corrected chi connectivity index (χ3v) is 17.0. The topological polar surface area (TPSA) is 42.4 Å². The van der Waals surface area contributed by atoms with Crippen molar-refractivity contribution in [3.05, 3.63) is 255 Å². The predicted octanol–water partition coefficient (Wildman–Crippen LogP) is 18.2.